The van der Waals surface area contributed by atoms with Crippen molar-refractivity contribution in [3.05, 3.63) is 11.1 Å². The molecule has 25 heavy (non-hydrogen) atoms. The van der Waals surface area contributed by atoms with Crippen molar-refractivity contribution in [3.63, 3.8) is 0 Å². The molecule has 0 aliphatic heterocycles. The molecule has 0 aromatic heterocycles. The van der Waals surface area contributed by atoms with Gasteiger partial charge in [0, 0.05) is 0 Å². The molecule has 1 aliphatic carbocycles. The van der Waals surface area contributed by atoms with Crippen molar-refractivity contribution in [2.45, 2.75) is 73.6 Å². The van der Waals surface area contributed by atoms with Gasteiger partial charge in [0.15, 0.2) is 0 Å². The van der Waals surface area contributed by atoms with E-state index in [1.165, 1.54) is 6.42 Å². The van der Waals surface area contributed by atoms with E-state index in [1.807, 2.05) is 41.5 Å². The maximum absolute atomic E-state index is 12.8. The van der Waals surface area contributed by atoms with Crippen LogP contribution in [0.3, 0.4) is 0 Å². The van der Waals surface area contributed by atoms with Crippen LogP contribution in [0.1, 0.15) is 73.6 Å². The quantitative estimate of drug-likeness (QED) is 0.460. The highest BCUT2D eigenvalue weighted by molar-refractivity contribution is 6.01. The molecule has 144 valence electrons. The summed E-state index contributed by atoms with van der Waals surface area (Å²) >= 11 is 0. The Morgan fingerprint density at radius 2 is 1.28 bits per heavy atom. The summed E-state index contributed by atoms with van der Waals surface area (Å²) in [6.07, 6.45) is 5.27. The lowest BCUT2D eigenvalue weighted by molar-refractivity contribution is -0.144. The number of carbonyl (C=O) groups is 2. The summed E-state index contributed by atoms with van der Waals surface area (Å²) < 4.78 is 11.0. The van der Waals surface area contributed by atoms with Crippen LogP contribution in [0.2, 0.25) is 0 Å². The van der Waals surface area contributed by atoms with Gasteiger partial charge in [0.25, 0.3) is 0 Å². The minimum atomic E-state index is -0.356. The van der Waals surface area contributed by atoms with Gasteiger partial charge in [0.05, 0.1) is 24.4 Å². The van der Waals surface area contributed by atoms with Crippen LogP contribution in [0.25, 0.3) is 0 Å². The van der Waals surface area contributed by atoms with Crippen molar-refractivity contribution in [2.75, 3.05) is 13.2 Å². The molecule has 0 saturated heterocycles. The van der Waals surface area contributed by atoms with Gasteiger partial charge in [-0.3, -0.25) is 0 Å². The Morgan fingerprint density at radius 3 is 1.72 bits per heavy atom. The fourth-order valence-corrected chi connectivity index (χ4v) is 3.18. The third kappa shape index (κ3) is 7.21. The molecule has 0 atom stereocenters. The maximum Gasteiger partial charge on any atom is 0.334 e. The highest BCUT2D eigenvalue weighted by atomic mass is 16.5. The van der Waals surface area contributed by atoms with Gasteiger partial charge in [-0.1, -0.05) is 60.8 Å². The summed E-state index contributed by atoms with van der Waals surface area (Å²) in [5, 5.41) is 0. The molecule has 4 nitrogen and oxygen atoms in total. The van der Waals surface area contributed by atoms with E-state index < -0.39 is 0 Å². The second kappa shape index (κ2) is 10.6. The maximum atomic E-state index is 12.8. The van der Waals surface area contributed by atoms with E-state index in [9.17, 15) is 9.59 Å². The number of esters is 2. The monoisotopic (exact) mass is 352 g/mol. The van der Waals surface area contributed by atoms with Gasteiger partial charge >= 0.3 is 11.9 Å². The molecule has 0 aromatic carbocycles. The molecule has 1 fully saturated rings. The first-order valence-corrected chi connectivity index (χ1v) is 9.82. The lowest BCUT2D eigenvalue weighted by atomic mass is 9.79. The molecular weight excluding hydrogens is 316 g/mol. The predicted molar refractivity (Wildman–Crippen MR) is 100 cm³/mol. The molecule has 0 heterocycles. The molecule has 1 rings (SSSR count). The Morgan fingerprint density at radius 1 is 0.800 bits per heavy atom. The van der Waals surface area contributed by atoms with E-state index in [1.54, 1.807) is 0 Å². The van der Waals surface area contributed by atoms with Crippen LogP contribution in [0.15, 0.2) is 11.1 Å². The molecular formula is C21H36O4. The zero-order valence-corrected chi connectivity index (χ0v) is 16.9. The molecule has 0 bridgehead atoms. The standard InChI is InChI=1S/C21H36O4/c1-14(2)12-24-20(22)18(16(5)6)19(17-10-8-7-9-11-17)21(23)25-13-15(3)4/h14-17H,7-13H2,1-6H3. The second-order valence-electron chi connectivity index (χ2n) is 8.30. The third-order valence-electron chi connectivity index (χ3n) is 4.42. The molecule has 4 heteroatoms. The van der Waals surface area contributed by atoms with Crippen LogP contribution >= 0.6 is 0 Å². The minimum Gasteiger partial charge on any atom is -0.462 e. The van der Waals surface area contributed by atoms with Gasteiger partial charge in [0.1, 0.15) is 0 Å². The van der Waals surface area contributed by atoms with Gasteiger partial charge in [-0.25, -0.2) is 9.59 Å². The van der Waals surface area contributed by atoms with Crippen molar-refractivity contribution in [1.82, 2.24) is 0 Å². The normalized spacial score (nSPS) is 17.0. The number of ether oxygens (including phenoxy) is 2. The summed E-state index contributed by atoms with van der Waals surface area (Å²) in [6, 6.07) is 0. The predicted octanol–water partition coefficient (Wildman–Crippen LogP) is 4.92. The van der Waals surface area contributed by atoms with Crippen molar-refractivity contribution in [2.24, 2.45) is 23.7 Å². The first-order valence-electron chi connectivity index (χ1n) is 9.82. The van der Waals surface area contributed by atoms with Crippen molar-refractivity contribution >= 4 is 11.9 Å². The van der Waals surface area contributed by atoms with Crippen LogP contribution in [-0.4, -0.2) is 25.2 Å². The SMILES string of the molecule is CC(C)COC(=O)C(=C(C(=O)OCC(C)C)C1CCCCC1)C(C)C. The molecule has 0 unspecified atom stereocenters. The van der Waals surface area contributed by atoms with Crippen molar-refractivity contribution in [3.8, 4) is 0 Å². The molecule has 0 aromatic rings. The number of hydrogen-bond acceptors (Lipinski definition) is 4. The Bertz CT molecular complexity index is 468. The zero-order chi connectivity index (χ0) is 19.0. The van der Waals surface area contributed by atoms with Gasteiger partial charge < -0.3 is 9.47 Å². The largest absolute Gasteiger partial charge is 0.462 e. The lowest BCUT2D eigenvalue weighted by Gasteiger charge is -2.27. The van der Waals surface area contributed by atoms with Gasteiger partial charge in [0.2, 0.25) is 0 Å². The van der Waals surface area contributed by atoms with Gasteiger partial charge in [-0.15, -0.1) is 0 Å². The molecule has 1 aliphatic rings. The van der Waals surface area contributed by atoms with E-state index in [0.29, 0.717) is 24.4 Å². The Labute approximate surface area is 153 Å². The van der Waals surface area contributed by atoms with Crippen LogP contribution < -0.4 is 0 Å². The fourth-order valence-electron chi connectivity index (χ4n) is 3.18. The Kier molecular flexibility index (Phi) is 9.23. The van der Waals surface area contributed by atoms with Crippen LogP contribution in [0.5, 0.6) is 0 Å². The van der Waals surface area contributed by atoms with E-state index in [0.717, 1.165) is 25.7 Å². The third-order valence-corrected chi connectivity index (χ3v) is 4.42. The van der Waals surface area contributed by atoms with Crippen LogP contribution in [0.4, 0.5) is 0 Å². The van der Waals surface area contributed by atoms with Gasteiger partial charge in [-0.2, -0.15) is 0 Å². The second-order valence-corrected chi connectivity index (χ2v) is 8.30. The lowest BCUT2D eigenvalue weighted by Crippen LogP contribution is -2.27. The van der Waals surface area contributed by atoms with E-state index in [2.05, 4.69) is 0 Å². The average molecular weight is 353 g/mol. The highest BCUT2D eigenvalue weighted by Crippen LogP contribution is 2.34. The van der Waals surface area contributed by atoms with E-state index in [-0.39, 0.29) is 35.6 Å². The summed E-state index contributed by atoms with van der Waals surface area (Å²) in [6.45, 7) is 12.7. The Hall–Kier alpha value is -1.32. The van der Waals surface area contributed by atoms with E-state index >= 15 is 0 Å². The number of hydrogen-bond donors (Lipinski definition) is 0. The minimum absolute atomic E-state index is 0.0665. The average Bonchev–Trinajstić information content (AvgIpc) is 2.55. The summed E-state index contributed by atoms with van der Waals surface area (Å²) in [5.74, 6) is -0.104. The Balaban J connectivity index is 3.17. The van der Waals surface area contributed by atoms with Crippen LogP contribution in [-0.2, 0) is 19.1 Å². The van der Waals surface area contributed by atoms with Crippen molar-refractivity contribution < 1.29 is 19.1 Å². The van der Waals surface area contributed by atoms with E-state index in [4.69, 9.17) is 9.47 Å². The first-order chi connectivity index (χ1) is 11.7. The topological polar surface area (TPSA) is 52.6 Å². The summed E-state index contributed by atoms with van der Waals surface area (Å²) in [7, 11) is 0. The molecule has 0 radical (unpaired) electrons. The number of rotatable bonds is 8. The van der Waals surface area contributed by atoms with Gasteiger partial charge in [-0.05, 0) is 36.5 Å². The van der Waals surface area contributed by atoms with Crippen LogP contribution in [0, 0.1) is 23.7 Å². The van der Waals surface area contributed by atoms with Crippen molar-refractivity contribution in [1.29, 1.82) is 0 Å². The molecule has 0 spiro atoms. The smallest absolute Gasteiger partial charge is 0.334 e. The zero-order valence-electron chi connectivity index (χ0n) is 16.9. The highest BCUT2D eigenvalue weighted by Gasteiger charge is 2.32. The fraction of sp³-hybridized carbons (Fsp3) is 0.810. The molecule has 1 saturated carbocycles. The first kappa shape index (κ1) is 21.7. The molecule has 0 amide bonds. The summed E-state index contributed by atoms with van der Waals surface area (Å²) in [5.41, 5.74) is 1.09. The number of carbonyl (C=O) groups excluding carboxylic acids is 2. The molecule has 0 N–H and O–H groups in total. The summed E-state index contributed by atoms with van der Waals surface area (Å²) in [4.78, 5) is 25.6.